The van der Waals surface area contributed by atoms with Gasteiger partial charge in [0.25, 0.3) is 0 Å². The normalized spacial score (nSPS) is 13.8. The van der Waals surface area contributed by atoms with E-state index in [1.807, 2.05) is 11.3 Å². The van der Waals surface area contributed by atoms with Gasteiger partial charge < -0.3 is 0 Å². The fourth-order valence-corrected chi connectivity index (χ4v) is 12.3. The molecule has 0 bridgehead atoms. The number of thiophene rings is 1. The third-order valence-electron chi connectivity index (χ3n) is 7.28. The number of hydrogen-bond acceptors (Lipinski definition) is 1. The predicted molar refractivity (Wildman–Crippen MR) is 147 cm³/mol. The number of rotatable bonds is 2. The minimum Gasteiger partial charge on any atom is -0.135 e. The number of benzene rings is 5. The summed E-state index contributed by atoms with van der Waals surface area (Å²) in [7, 11) is -2.41. The van der Waals surface area contributed by atoms with E-state index in [9.17, 15) is 0 Å². The summed E-state index contributed by atoms with van der Waals surface area (Å²) in [6, 6.07) is 43.3. The highest BCUT2D eigenvalue weighted by molar-refractivity contribution is 7.27. The van der Waals surface area contributed by atoms with E-state index in [-0.39, 0.29) is 0 Å². The van der Waals surface area contributed by atoms with E-state index in [0.717, 1.165) is 0 Å². The van der Waals surface area contributed by atoms with Crippen LogP contribution in [0.15, 0.2) is 115 Å². The topological polar surface area (TPSA) is 0 Å². The molecule has 0 fully saturated rings. The van der Waals surface area contributed by atoms with E-state index in [0.29, 0.717) is 0 Å². The molecule has 0 spiro atoms. The van der Waals surface area contributed by atoms with Gasteiger partial charge in [-0.25, -0.2) is 0 Å². The third kappa shape index (κ3) is 2.45. The summed E-state index contributed by atoms with van der Waals surface area (Å²) >= 11 is 1.94. The van der Waals surface area contributed by atoms with Gasteiger partial charge in [0.2, 0.25) is 0 Å². The zero-order chi connectivity index (χ0) is 22.0. The molecule has 7 rings (SSSR count). The largest absolute Gasteiger partial charge is 0.180 e. The van der Waals surface area contributed by atoms with E-state index < -0.39 is 8.07 Å². The van der Waals surface area contributed by atoms with E-state index >= 15 is 0 Å². The zero-order valence-electron chi connectivity index (χ0n) is 18.4. The van der Waals surface area contributed by atoms with E-state index in [2.05, 4.69) is 122 Å². The molecule has 33 heavy (non-hydrogen) atoms. The van der Waals surface area contributed by atoms with Crippen LogP contribution < -0.4 is 20.7 Å². The lowest BCUT2D eigenvalue weighted by molar-refractivity contribution is 1.56. The molecular weight excluding hydrogens is 432 g/mol. The molecule has 1 aliphatic heterocycles. The maximum absolute atomic E-state index is 2.45. The van der Waals surface area contributed by atoms with Crippen LogP contribution in [-0.2, 0) is 0 Å². The van der Waals surface area contributed by atoms with Gasteiger partial charge in [0, 0.05) is 20.2 Å². The van der Waals surface area contributed by atoms with Crippen molar-refractivity contribution in [3.8, 4) is 11.1 Å². The van der Waals surface area contributed by atoms with Gasteiger partial charge in [-0.05, 0) is 50.4 Å². The maximum Gasteiger partial charge on any atom is 0.180 e. The third-order valence-corrected chi connectivity index (χ3v) is 13.5. The van der Waals surface area contributed by atoms with Crippen molar-refractivity contribution in [3.63, 3.8) is 0 Å². The standard InChI is InChI=1S/C31H22SSi/c1-21-11-10-17-25-29-26(32-31(21)25)19-20-28-30(29)24-16-8-9-18-27(24)33(28,22-12-4-2-5-13-22)23-14-6-3-7-15-23/h2-20H,1H3. The number of aryl methyl sites for hydroxylation is 1. The lowest BCUT2D eigenvalue weighted by Gasteiger charge is -2.31. The summed E-state index contributed by atoms with van der Waals surface area (Å²) in [5.41, 5.74) is 4.24. The first kappa shape index (κ1) is 19.0. The first-order valence-electron chi connectivity index (χ1n) is 11.5. The highest BCUT2D eigenvalue weighted by Gasteiger charge is 2.49. The van der Waals surface area contributed by atoms with Crippen molar-refractivity contribution in [1.29, 1.82) is 0 Å². The second-order valence-electron chi connectivity index (χ2n) is 8.94. The van der Waals surface area contributed by atoms with E-state index in [1.165, 1.54) is 57.6 Å². The smallest absolute Gasteiger partial charge is 0.135 e. The van der Waals surface area contributed by atoms with Crippen LogP contribution in [0, 0.1) is 6.92 Å². The minimum absolute atomic E-state index is 1.36. The summed E-state index contributed by atoms with van der Waals surface area (Å²) in [4.78, 5) is 0. The minimum atomic E-state index is -2.41. The summed E-state index contributed by atoms with van der Waals surface area (Å²) in [5, 5.41) is 8.78. The lowest BCUT2D eigenvalue weighted by atomic mass is 9.99. The molecule has 1 aliphatic rings. The average Bonchev–Trinajstić information content (AvgIpc) is 3.40. The van der Waals surface area contributed by atoms with Crippen LogP contribution in [0.25, 0.3) is 31.3 Å². The summed E-state index contributed by atoms with van der Waals surface area (Å²) in [6.45, 7) is 2.23. The molecule has 0 aliphatic carbocycles. The first-order chi connectivity index (χ1) is 16.3. The van der Waals surface area contributed by atoms with Crippen molar-refractivity contribution in [2.45, 2.75) is 6.92 Å². The Hall–Kier alpha value is -3.46. The SMILES string of the molecule is Cc1cccc2c1sc1ccc3c(c12)-c1ccccc1[Si]3(c1ccccc1)c1ccccc1. The summed E-state index contributed by atoms with van der Waals surface area (Å²) in [6.07, 6.45) is 0. The Labute approximate surface area is 198 Å². The van der Waals surface area contributed by atoms with Crippen molar-refractivity contribution < 1.29 is 0 Å². The highest BCUT2D eigenvalue weighted by atomic mass is 32.1. The van der Waals surface area contributed by atoms with Crippen molar-refractivity contribution in [2.75, 3.05) is 0 Å². The molecule has 2 heterocycles. The molecule has 0 N–H and O–H groups in total. The molecule has 0 nitrogen and oxygen atoms in total. The fourth-order valence-electron chi connectivity index (χ4n) is 5.96. The van der Waals surface area contributed by atoms with Crippen molar-refractivity contribution in [1.82, 2.24) is 0 Å². The second kappa shape index (κ2) is 7.02. The molecule has 1 aromatic heterocycles. The quantitative estimate of drug-likeness (QED) is 0.293. The Morgan fingerprint density at radius 3 is 1.97 bits per heavy atom. The molecule has 156 valence electrons. The van der Waals surface area contributed by atoms with Crippen molar-refractivity contribution in [3.05, 3.63) is 121 Å². The van der Waals surface area contributed by atoms with Gasteiger partial charge in [-0.15, -0.1) is 11.3 Å². The van der Waals surface area contributed by atoms with Crippen LogP contribution in [0.1, 0.15) is 5.56 Å². The van der Waals surface area contributed by atoms with Gasteiger partial charge in [0.1, 0.15) is 0 Å². The van der Waals surface area contributed by atoms with E-state index in [4.69, 9.17) is 0 Å². The Morgan fingerprint density at radius 2 is 1.24 bits per heavy atom. The van der Waals surface area contributed by atoms with Gasteiger partial charge in [-0.1, -0.05) is 109 Å². The highest BCUT2D eigenvalue weighted by Crippen LogP contribution is 2.43. The lowest BCUT2D eigenvalue weighted by Crippen LogP contribution is -2.72. The van der Waals surface area contributed by atoms with Crippen LogP contribution in [-0.4, -0.2) is 8.07 Å². The van der Waals surface area contributed by atoms with Crippen molar-refractivity contribution in [2.24, 2.45) is 0 Å². The molecular formula is C31H22SSi. The Bertz CT molecular complexity index is 1620. The molecule has 6 aromatic rings. The number of fused-ring (bicyclic) bond motifs is 7. The van der Waals surface area contributed by atoms with Crippen LogP contribution in [0.4, 0.5) is 0 Å². The van der Waals surface area contributed by atoms with Gasteiger partial charge in [-0.3, -0.25) is 0 Å². The molecule has 0 saturated heterocycles. The maximum atomic E-state index is 2.45. The second-order valence-corrected chi connectivity index (χ2v) is 13.7. The van der Waals surface area contributed by atoms with Gasteiger partial charge >= 0.3 is 0 Å². The Kier molecular flexibility index (Phi) is 4.05. The van der Waals surface area contributed by atoms with Gasteiger partial charge in [0.15, 0.2) is 8.07 Å². The molecule has 2 heteroatoms. The van der Waals surface area contributed by atoms with Gasteiger partial charge in [-0.2, -0.15) is 0 Å². The van der Waals surface area contributed by atoms with Crippen molar-refractivity contribution >= 4 is 60.3 Å². The summed E-state index contributed by atoms with van der Waals surface area (Å²) in [5.74, 6) is 0. The molecule has 0 amide bonds. The molecule has 5 aromatic carbocycles. The monoisotopic (exact) mass is 454 g/mol. The van der Waals surface area contributed by atoms with Gasteiger partial charge in [0.05, 0.1) is 0 Å². The average molecular weight is 455 g/mol. The van der Waals surface area contributed by atoms with Crippen LogP contribution in [0.2, 0.25) is 0 Å². The molecule has 0 atom stereocenters. The van der Waals surface area contributed by atoms with Crippen LogP contribution in [0.3, 0.4) is 0 Å². The predicted octanol–water partition coefficient (Wildman–Crippen LogP) is 5.72. The van der Waals surface area contributed by atoms with E-state index in [1.54, 1.807) is 0 Å². The zero-order valence-corrected chi connectivity index (χ0v) is 20.2. The fraction of sp³-hybridized carbons (Fsp3) is 0.0323. The number of hydrogen-bond donors (Lipinski definition) is 0. The molecule has 0 unspecified atom stereocenters. The summed E-state index contributed by atoms with van der Waals surface area (Å²) < 4.78 is 2.80. The molecule has 0 saturated carbocycles. The Morgan fingerprint density at radius 1 is 0.576 bits per heavy atom. The first-order valence-corrected chi connectivity index (χ1v) is 14.3. The molecule has 0 radical (unpaired) electrons. The van der Waals surface area contributed by atoms with Crippen LogP contribution in [0.5, 0.6) is 0 Å². The van der Waals surface area contributed by atoms with Crippen LogP contribution >= 0.6 is 11.3 Å². The Balaban J connectivity index is 1.73.